The predicted octanol–water partition coefficient (Wildman–Crippen LogP) is 2.30. The second-order valence-electron chi connectivity index (χ2n) is 4.41. The Balaban J connectivity index is 1.84. The maximum atomic E-state index is 12.9. The zero-order valence-electron chi connectivity index (χ0n) is 9.71. The molecule has 1 aliphatic rings. The largest absolute Gasteiger partial charge is 0.326 e. The second kappa shape index (κ2) is 5.77. The molecule has 0 aromatic heterocycles. The molecule has 0 spiro atoms. The molecule has 1 unspecified atom stereocenters. The van der Waals surface area contributed by atoms with Crippen LogP contribution >= 0.6 is 0 Å². The van der Waals surface area contributed by atoms with Crippen LogP contribution in [0.1, 0.15) is 25.7 Å². The highest BCUT2D eigenvalue weighted by Gasteiger charge is 2.16. The predicted molar refractivity (Wildman–Crippen MR) is 65.3 cm³/mol. The standard InChI is InChI=1S/C13H17FN2O/c14-10-4-3-6-12(8-10)16-13(17)9-11-5-1-2-7-15-11/h3-4,6,8,11,15H,1-2,5,7,9H2,(H,16,17). The van der Waals surface area contributed by atoms with Gasteiger partial charge in [-0.1, -0.05) is 12.5 Å². The Kier molecular flexibility index (Phi) is 4.09. The first kappa shape index (κ1) is 12.0. The van der Waals surface area contributed by atoms with Gasteiger partial charge in [0.1, 0.15) is 5.82 Å². The zero-order valence-corrected chi connectivity index (χ0v) is 9.71. The van der Waals surface area contributed by atoms with Gasteiger partial charge >= 0.3 is 0 Å². The van der Waals surface area contributed by atoms with E-state index in [2.05, 4.69) is 10.6 Å². The summed E-state index contributed by atoms with van der Waals surface area (Å²) in [5.41, 5.74) is 0.519. The molecule has 3 nitrogen and oxygen atoms in total. The number of benzene rings is 1. The van der Waals surface area contributed by atoms with Crippen molar-refractivity contribution >= 4 is 11.6 Å². The fourth-order valence-corrected chi connectivity index (χ4v) is 2.10. The summed E-state index contributed by atoms with van der Waals surface area (Å²) in [6.45, 7) is 0.984. The van der Waals surface area contributed by atoms with Gasteiger partial charge in [0.15, 0.2) is 0 Å². The summed E-state index contributed by atoms with van der Waals surface area (Å²) in [5, 5.41) is 6.02. The number of carbonyl (C=O) groups excluding carboxylic acids is 1. The molecule has 1 heterocycles. The molecule has 1 amide bonds. The number of rotatable bonds is 3. The summed E-state index contributed by atoms with van der Waals surface area (Å²) in [5.74, 6) is -0.395. The van der Waals surface area contributed by atoms with Crippen LogP contribution in [0, 0.1) is 5.82 Å². The topological polar surface area (TPSA) is 41.1 Å². The van der Waals surface area contributed by atoms with E-state index in [1.165, 1.54) is 25.0 Å². The van der Waals surface area contributed by atoms with E-state index in [0.29, 0.717) is 12.1 Å². The van der Waals surface area contributed by atoms with E-state index in [0.717, 1.165) is 13.0 Å². The minimum atomic E-state index is -0.335. The second-order valence-corrected chi connectivity index (χ2v) is 4.41. The minimum Gasteiger partial charge on any atom is -0.326 e. The SMILES string of the molecule is O=C(CC1CCCCN1)Nc1cccc(F)c1. The van der Waals surface area contributed by atoms with Crippen molar-refractivity contribution in [2.24, 2.45) is 0 Å². The summed E-state index contributed by atoms with van der Waals surface area (Å²) in [6, 6.07) is 6.22. The van der Waals surface area contributed by atoms with Gasteiger partial charge in [0.25, 0.3) is 0 Å². The van der Waals surface area contributed by atoms with Crippen LogP contribution in [0.2, 0.25) is 0 Å². The number of anilines is 1. The first-order chi connectivity index (χ1) is 8.24. The highest BCUT2D eigenvalue weighted by Crippen LogP contribution is 2.13. The molecule has 92 valence electrons. The van der Waals surface area contributed by atoms with Crippen molar-refractivity contribution in [3.63, 3.8) is 0 Å². The van der Waals surface area contributed by atoms with Crippen LogP contribution in [-0.2, 0) is 4.79 Å². The van der Waals surface area contributed by atoms with Gasteiger partial charge in [-0.05, 0) is 37.6 Å². The number of piperidine rings is 1. The van der Waals surface area contributed by atoms with E-state index in [-0.39, 0.29) is 17.8 Å². The van der Waals surface area contributed by atoms with Crippen LogP contribution < -0.4 is 10.6 Å². The number of halogens is 1. The summed E-state index contributed by atoms with van der Waals surface area (Å²) < 4.78 is 12.9. The van der Waals surface area contributed by atoms with Crippen molar-refractivity contribution in [1.82, 2.24) is 5.32 Å². The van der Waals surface area contributed by atoms with Crippen LogP contribution in [0.4, 0.5) is 10.1 Å². The van der Waals surface area contributed by atoms with E-state index >= 15 is 0 Å². The smallest absolute Gasteiger partial charge is 0.225 e. The highest BCUT2D eigenvalue weighted by molar-refractivity contribution is 5.91. The molecular weight excluding hydrogens is 219 g/mol. The summed E-state index contributed by atoms with van der Waals surface area (Å²) in [4.78, 5) is 11.7. The van der Waals surface area contributed by atoms with Gasteiger partial charge < -0.3 is 10.6 Å². The fourth-order valence-electron chi connectivity index (χ4n) is 2.10. The Morgan fingerprint density at radius 2 is 2.35 bits per heavy atom. The molecule has 1 atom stereocenters. The molecule has 1 aromatic rings. The molecule has 1 aliphatic heterocycles. The maximum Gasteiger partial charge on any atom is 0.225 e. The van der Waals surface area contributed by atoms with Gasteiger partial charge in [-0.15, -0.1) is 0 Å². The number of hydrogen-bond donors (Lipinski definition) is 2. The van der Waals surface area contributed by atoms with Crippen LogP contribution in [0.3, 0.4) is 0 Å². The third-order valence-electron chi connectivity index (χ3n) is 2.95. The lowest BCUT2D eigenvalue weighted by molar-refractivity contribution is -0.116. The first-order valence-electron chi connectivity index (χ1n) is 6.03. The van der Waals surface area contributed by atoms with E-state index in [1.807, 2.05) is 0 Å². The minimum absolute atomic E-state index is 0.0602. The van der Waals surface area contributed by atoms with Crippen molar-refractivity contribution in [2.75, 3.05) is 11.9 Å². The van der Waals surface area contributed by atoms with Crippen LogP contribution in [-0.4, -0.2) is 18.5 Å². The van der Waals surface area contributed by atoms with Crippen molar-refractivity contribution in [3.05, 3.63) is 30.1 Å². The third-order valence-corrected chi connectivity index (χ3v) is 2.95. The van der Waals surface area contributed by atoms with Gasteiger partial charge in [-0.2, -0.15) is 0 Å². The van der Waals surface area contributed by atoms with E-state index < -0.39 is 0 Å². The molecule has 0 bridgehead atoms. The lowest BCUT2D eigenvalue weighted by Gasteiger charge is -2.22. The zero-order chi connectivity index (χ0) is 12.1. The molecule has 0 aliphatic carbocycles. The number of amides is 1. The molecule has 0 saturated carbocycles. The Bertz CT molecular complexity index is 389. The van der Waals surface area contributed by atoms with E-state index in [9.17, 15) is 9.18 Å². The Labute approximate surface area is 100 Å². The molecule has 1 aromatic carbocycles. The van der Waals surface area contributed by atoms with Crippen LogP contribution in [0.15, 0.2) is 24.3 Å². The summed E-state index contributed by atoms with van der Waals surface area (Å²) >= 11 is 0. The van der Waals surface area contributed by atoms with Gasteiger partial charge in [-0.3, -0.25) is 4.79 Å². The molecule has 1 saturated heterocycles. The van der Waals surface area contributed by atoms with Gasteiger partial charge in [0.2, 0.25) is 5.91 Å². The molecule has 4 heteroatoms. The molecule has 0 radical (unpaired) electrons. The Morgan fingerprint density at radius 1 is 1.47 bits per heavy atom. The first-order valence-corrected chi connectivity index (χ1v) is 6.03. The summed E-state index contributed by atoms with van der Waals surface area (Å²) in [6.07, 6.45) is 3.85. The average Bonchev–Trinajstić information content (AvgIpc) is 2.30. The van der Waals surface area contributed by atoms with Crippen LogP contribution in [0.25, 0.3) is 0 Å². The fraction of sp³-hybridized carbons (Fsp3) is 0.462. The molecule has 17 heavy (non-hydrogen) atoms. The monoisotopic (exact) mass is 236 g/mol. The van der Waals surface area contributed by atoms with Gasteiger partial charge in [0.05, 0.1) is 0 Å². The quantitative estimate of drug-likeness (QED) is 0.845. The number of nitrogens with one attached hydrogen (secondary N) is 2. The lowest BCUT2D eigenvalue weighted by atomic mass is 10.0. The summed E-state index contributed by atoms with van der Waals surface area (Å²) in [7, 11) is 0. The van der Waals surface area contributed by atoms with Crippen molar-refractivity contribution in [3.8, 4) is 0 Å². The molecule has 1 fully saturated rings. The van der Waals surface area contributed by atoms with Crippen molar-refractivity contribution in [2.45, 2.75) is 31.7 Å². The molecular formula is C13H17FN2O. The molecule has 2 N–H and O–H groups in total. The Hall–Kier alpha value is -1.42. The number of carbonyl (C=O) groups is 1. The average molecular weight is 236 g/mol. The van der Waals surface area contributed by atoms with Gasteiger partial charge in [-0.25, -0.2) is 4.39 Å². The molecule has 2 rings (SSSR count). The highest BCUT2D eigenvalue weighted by atomic mass is 19.1. The van der Waals surface area contributed by atoms with E-state index in [4.69, 9.17) is 0 Å². The van der Waals surface area contributed by atoms with Crippen molar-refractivity contribution < 1.29 is 9.18 Å². The normalized spacial score (nSPS) is 19.9. The Morgan fingerprint density at radius 3 is 3.06 bits per heavy atom. The van der Waals surface area contributed by atoms with Crippen molar-refractivity contribution in [1.29, 1.82) is 0 Å². The number of hydrogen-bond acceptors (Lipinski definition) is 2. The third kappa shape index (κ3) is 3.82. The van der Waals surface area contributed by atoms with Gasteiger partial charge in [0, 0.05) is 18.2 Å². The lowest BCUT2D eigenvalue weighted by Crippen LogP contribution is -2.36. The van der Waals surface area contributed by atoms with Crippen LogP contribution in [0.5, 0.6) is 0 Å². The van der Waals surface area contributed by atoms with E-state index in [1.54, 1.807) is 12.1 Å². The maximum absolute atomic E-state index is 12.9.